The van der Waals surface area contributed by atoms with Crippen LogP contribution in [0.15, 0.2) is 42.6 Å². The third-order valence-electron chi connectivity index (χ3n) is 1.86. The van der Waals surface area contributed by atoms with Crippen molar-refractivity contribution in [2.45, 2.75) is 26.7 Å². The van der Waals surface area contributed by atoms with Gasteiger partial charge in [0.05, 0.1) is 0 Å². The summed E-state index contributed by atoms with van der Waals surface area (Å²) in [6.07, 6.45) is 0. The van der Waals surface area contributed by atoms with Gasteiger partial charge in [-0.05, 0) is 5.56 Å². The first kappa shape index (κ1) is 11.8. The standard InChI is InChI=1S/C10H13N.C2H6/c1-8(9(2)11)10-6-4-3-5-7-10;1-2/h3-8H,2,11H2,1H3;1-2H3. The number of benzene rings is 1. The van der Waals surface area contributed by atoms with E-state index in [9.17, 15) is 0 Å². The van der Waals surface area contributed by atoms with Gasteiger partial charge in [-0.3, -0.25) is 0 Å². The number of rotatable bonds is 2. The predicted octanol–water partition coefficient (Wildman–Crippen LogP) is 3.29. The molecule has 0 aliphatic carbocycles. The van der Waals surface area contributed by atoms with Crippen molar-refractivity contribution in [2.24, 2.45) is 5.73 Å². The molecule has 2 N–H and O–H groups in total. The summed E-state index contributed by atoms with van der Waals surface area (Å²) >= 11 is 0. The van der Waals surface area contributed by atoms with E-state index in [0.29, 0.717) is 0 Å². The summed E-state index contributed by atoms with van der Waals surface area (Å²) in [5.74, 6) is 0.260. The molecule has 1 aromatic carbocycles. The van der Waals surface area contributed by atoms with Gasteiger partial charge < -0.3 is 5.73 Å². The van der Waals surface area contributed by atoms with E-state index in [-0.39, 0.29) is 5.92 Å². The first-order valence-electron chi connectivity index (χ1n) is 4.71. The fraction of sp³-hybridized carbons (Fsp3) is 0.333. The SMILES string of the molecule is C=C(N)C(C)c1ccccc1.CC. The molecule has 13 heavy (non-hydrogen) atoms. The van der Waals surface area contributed by atoms with Crippen molar-refractivity contribution in [1.82, 2.24) is 0 Å². The molecule has 0 saturated heterocycles. The molecule has 0 aliphatic rings. The molecule has 0 saturated carbocycles. The maximum absolute atomic E-state index is 5.57. The second kappa shape index (κ2) is 6.30. The average molecular weight is 177 g/mol. The second-order valence-electron chi connectivity index (χ2n) is 2.71. The molecule has 0 bridgehead atoms. The molecule has 1 rings (SSSR count). The Morgan fingerprint density at radius 3 is 2.08 bits per heavy atom. The molecule has 0 spiro atoms. The van der Waals surface area contributed by atoms with E-state index >= 15 is 0 Å². The van der Waals surface area contributed by atoms with Gasteiger partial charge in [0.15, 0.2) is 0 Å². The van der Waals surface area contributed by atoms with Gasteiger partial charge in [0, 0.05) is 11.6 Å². The topological polar surface area (TPSA) is 26.0 Å². The molecule has 0 radical (unpaired) electrons. The number of hydrogen-bond acceptors (Lipinski definition) is 1. The summed E-state index contributed by atoms with van der Waals surface area (Å²) in [7, 11) is 0. The quantitative estimate of drug-likeness (QED) is 0.737. The molecule has 1 nitrogen and oxygen atoms in total. The molecule has 0 aliphatic heterocycles. The summed E-state index contributed by atoms with van der Waals surface area (Å²) in [4.78, 5) is 0. The van der Waals surface area contributed by atoms with Crippen molar-refractivity contribution in [3.05, 3.63) is 48.2 Å². The van der Waals surface area contributed by atoms with Crippen molar-refractivity contribution >= 4 is 0 Å². The third kappa shape index (κ3) is 3.79. The lowest BCUT2D eigenvalue weighted by Gasteiger charge is -2.09. The summed E-state index contributed by atoms with van der Waals surface area (Å²) in [6.45, 7) is 9.76. The lowest BCUT2D eigenvalue weighted by atomic mass is 9.99. The maximum atomic E-state index is 5.57. The number of allylic oxidation sites excluding steroid dienone is 1. The zero-order chi connectivity index (χ0) is 10.3. The second-order valence-corrected chi connectivity index (χ2v) is 2.71. The fourth-order valence-corrected chi connectivity index (χ4v) is 0.956. The van der Waals surface area contributed by atoms with E-state index in [1.54, 1.807) is 0 Å². The highest BCUT2D eigenvalue weighted by molar-refractivity contribution is 5.24. The van der Waals surface area contributed by atoms with E-state index in [1.165, 1.54) is 5.56 Å². The fourth-order valence-electron chi connectivity index (χ4n) is 0.956. The van der Waals surface area contributed by atoms with Crippen LogP contribution in [0.25, 0.3) is 0 Å². The van der Waals surface area contributed by atoms with Crippen LogP contribution >= 0.6 is 0 Å². The van der Waals surface area contributed by atoms with Crippen LogP contribution in [0, 0.1) is 0 Å². The van der Waals surface area contributed by atoms with Crippen molar-refractivity contribution in [3.8, 4) is 0 Å². The summed E-state index contributed by atoms with van der Waals surface area (Å²) < 4.78 is 0. The predicted molar refractivity (Wildman–Crippen MR) is 59.5 cm³/mol. The molecule has 72 valence electrons. The highest BCUT2D eigenvalue weighted by atomic mass is 14.6. The van der Waals surface area contributed by atoms with Crippen LogP contribution in [0.3, 0.4) is 0 Å². The van der Waals surface area contributed by atoms with Crippen LogP contribution in [-0.2, 0) is 0 Å². The Balaban J connectivity index is 0.000000671. The normalized spacial score (nSPS) is 11.0. The monoisotopic (exact) mass is 177 g/mol. The van der Waals surface area contributed by atoms with Gasteiger partial charge in [-0.15, -0.1) is 0 Å². The van der Waals surface area contributed by atoms with Crippen LogP contribution in [0.5, 0.6) is 0 Å². The number of nitrogens with two attached hydrogens (primary N) is 1. The molecule has 0 aromatic heterocycles. The summed E-state index contributed by atoms with van der Waals surface area (Å²) in [6, 6.07) is 10.1. The smallest absolute Gasteiger partial charge is 0.0201 e. The van der Waals surface area contributed by atoms with Crippen LogP contribution in [-0.4, -0.2) is 0 Å². The van der Waals surface area contributed by atoms with Crippen molar-refractivity contribution < 1.29 is 0 Å². The molecule has 1 aromatic rings. The lowest BCUT2D eigenvalue weighted by molar-refractivity contribution is 0.883. The first-order chi connectivity index (χ1) is 6.22. The summed E-state index contributed by atoms with van der Waals surface area (Å²) in [5, 5.41) is 0. The van der Waals surface area contributed by atoms with Gasteiger partial charge in [-0.1, -0.05) is 57.7 Å². The Morgan fingerprint density at radius 1 is 1.23 bits per heavy atom. The Morgan fingerprint density at radius 2 is 1.69 bits per heavy atom. The minimum atomic E-state index is 0.260. The van der Waals surface area contributed by atoms with Crippen LogP contribution in [0.2, 0.25) is 0 Å². The minimum absolute atomic E-state index is 0.260. The Bertz CT molecular complexity index is 239. The van der Waals surface area contributed by atoms with E-state index in [2.05, 4.69) is 25.6 Å². The zero-order valence-electron chi connectivity index (χ0n) is 8.75. The molecule has 1 unspecified atom stereocenters. The van der Waals surface area contributed by atoms with E-state index < -0.39 is 0 Å². The lowest BCUT2D eigenvalue weighted by Crippen LogP contribution is -2.04. The van der Waals surface area contributed by atoms with E-state index in [4.69, 9.17) is 5.73 Å². The highest BCUT2D eigenvalue weighted by Gasteiger charge is 2.03. The van der Waals surface area contributed by atoms with Crippen LogP contribution in [0.1, 0.15) is 32.3 Å². The average Bonchev–Trinajstić information content (AvgIpc) is 2.21. The molecule has 1 heteroatoms. The molecule has 0 heterocycles. The maximum Gasteiger partial charge on any atom is 0.0201 e. The van der Waals surface area contributed by atoms with Crippen LogP contribution < -0.4 is 5.73 Å². The Labute approximate surface area is 81.3 Å². The van der Waals surface area contributed by atoms with Crippen molar-refractivity contribution in [3.63, 3.8) is 0 Å². The van der Waals surface area contributed by atoms with Crippen molar-refractivity contribution in [2.75, 3.05) is 0 Å². The van der Waals surface area contributed by atoms with Gasteiger partial charge in [-0.25, -0.2) is 0 Å². The zero-order valence-corrected chi connectivity index (χ0v) is 8.75. The molecular formula is C12H19N. The Hall–Kier alpha value is -1.24. The van der Waals surface area contributed by atoms with Gasteiger partial charge >= 0.3 is 0 Å². The number of hydrogen-bond donors (Lipinski definition) is 1. The minimum Gasteiger partial charge on any atom is -0.402 e. The van der Waals surface area contributed by atoms with Gasteiger partial charge in [0.25, 0.3) is 0 Å². The van der Waals surface area contributed by atoms with E-state index in [0.717, 1.165) is 5.70 Å². The summed E-state index contributed by atoms with van der Waals surface area (Å²) in [5.41, 5.74) is 7.51. The third-order valence-corrected chi connectivity index (χ3v) is 1.86. The van der Waals surface area contributed by atoms with E-state index in [1.807, 2.05) is 32.0 Å². The first-order valence-corrected chi connectivity index (χ1v) is 4.71. The highest BCUT2D eigenvalue weighted by Crippen LogP contribution is 2.17. The molecular weight excluding hydrogens is 158 g/mol. The largest absolute Gasteiger partial charge is 0.402 e. The van der Waals surface area contributed by atoms with Gasteiger partial charge in [-0.2, -0.15) is 0 Å². The Kier molecular flexibility index (Phi) is 5.69. The van der Waals surface area contributed by atoms with Gasteiger partial charge in [0.1, 0.15) is 0 Å². The molecule has 0 amide bonds. The van der Waals surface area contributed by atoms with Crippen molar-refractivity contribution in [1.29, 1.82) is 0 Å². The van der Waals surface area contributed by atoms with Gasteiger partial charge in [0.2, 0.25) is 0 Å². The molecule has 0 fully saturated rings. The molecule has 1 atom stereocenters. The van der Waals surface area contributed by atoms with Crippen LogP contribution in [0.4, 0.5) is 0 Å².